The van der Waals surface area contributed by atoms with Crippen molar-refractivity contribution >= 4 is 0 Å². The number of ether oxygens (including phenoxy) is 2. The minimum absolute atomic E-state index is 0.208. The van der Waals surface area contributed by atoms with Crippen LogP contribution in [0.5, 0.6) is 0 Å². The maximum atomic E-state index is 12.9. The van der Waals surface area contributed by atoms with Crippen molar-refractivity contribution in [2.24, 2.45) is 0 Å². The third-order valence-corrected chi connectivity index (χ3v) is 4.08. The normalized spacial score (nSPS) is 20.8. The van der Waals surface area contributed by atoms with Crippen molar-refractivity contribution in [3.63, 3.8) is 0 Å². The Balaban J connectivity index is 1.67. The lowest BCUT2D eigenvalue weighted by Gasteiger charge is -2.34. The molecule has 0 amide bonds. The summed E-state index contributed by atoms with van der Waals surface area (Å²) in [5.41, 5.74) is 3.38. The number of rotatable bonds is 4. The van der Waals surface area contributed by atoms with E-state index in [-0.39, 0.29) is 5.82 Å². The van der Waals surface area contributed by atoms with Crippen LogP contribution in [0.25, 0.3) is 0 Å². The third-order valence-electron chi connectivity index (χ3n) is 4.08. The second kappa shape index (κ2) is 6.00. The van der Waals surface area contributed by atoms with Gasteiger partial charge in [-0.15, -0.1) is 0 Å². The zero-order chi connectivity index (χ0) is 14.7. The molecule has 4 heteroatoms. The van der Waals surface area contributed by atoms with Gasteiger partial charge in [0, 0.05) is 25.1 Å². The van der Waals surface area contributed by atoms with Crippen LogP contribution in [0.1, 0.15) is 24.8 Å². The zero-order valence-corrected chi connectivity index (χ0v) is 12.0. The molecule has 0 radical (unpaired) electrons. The Labute approximate surface area is 124 Å². The van der Waals surface area contributed by atoms with Gasteiger partial charge in [-0.1, -0.05) is 24.8 Å². The first-order valence-electron chi connectivity index (χ1n) is 7.31. The molecule has 1 spiro atoms. The van der Waals surface area contributed by atoms with Crippen molar-refractivity contribution in [2.45, 2.75) is 31.6 Å². The summed E-state index contributed by atoms with van der Waals surface area (Å²) in [6.45, 7) is 5.92. The van der Waals surface area contributed by atoms with Crippen LogP contribution in [0.15, 0.2) is 48.2 Å². The number of allylic oxidation sites excluding steroid dienone is 2. The van der Waals surface area contributed by atoms with E-state index in [9.17, 15) is 4.39 Å². The van der Waals surface area contributed by atoms with E-state index in [4.69, 9.17) is 9.47 Å². The Morgan fingerprint density at radius 1 is 1.24 bits per heavy atom. The lowest BCUT2D eigenvalue weighted by Crippen LogP contribution is -2.35. The Kier molecular flexibility index (Phi) is 4.08. The summed E-state index contributed by atoms with van der Waals surface area (Å²) < 4.78 is 24.4. The first-order chi connectivity index (χ1) is 10.2. The molecule has 0 unspecified atom stereocenters. The minimum Gasteiger partial charge on any atom is -0.384 e. The average molecular weight is 289 g/mol. The van der Waals surface area contributed by atoms with Crippen molar-refractivity contribution < 1.29 is 13.9 Å². The second-order valence-corrected chi connectivity index (χ2v) is 5.47. The van der Waals surface area contributed by atoms with Gasteiger partial charge in [-0.3, -0.25) is 0 Å². The Hall–Kier alpha value is -1.65. The summed E-state index contributed by atoms with van der Waals surface area (Å²) in [6, 6.07) is 6.56. The lowest BCUT2D eigenvalue weighted by molar-refractivity contribution is -0.163. The molecule has 1 aromatic rings. The molecule has 1 aliphatic heterocycles. The first-order valence-corrected chi connectivity index (χ1v) is 7.31. The highest BCUT2D eigenvalue weighted by Crippen LogP contribution is 2.38. The van der Waals surface area contributed by atoms with Crippen molar-refractivity contribution in [3.8, 4) is 0 Å². The van der Waals surface area contributed by atoms with Crippen molar-refractivity contribution in [3.05, 3.63) is 59.6 Å². The predicted octanol–water partition coefficient (Wildman–Crippen LogP) is 3.28. The molecular weight excluding hydrogens is 269 g/mol. The van der Waals surface area contributed by atoms with E-state index >= 15 is 0 Å². The SMILES string of the molecule is C=CC1=C(NCc2ccc(F)cc2)CCC2(C1)OCCO2. The van der Waals surface area contributed by atoms with Gasteiger partial charge >= 0.3 is 0 Å². The molecule has 1 fully saturated rings. The van der Waals surface area contributed by atoms with Crippen molar-refractivity contribution in [1.82, 2.24) is 5.32 Å². The molecule has 0 bridgehead atoms. The average Bonchev–Trinajstić information content (AvgIpc) is 2.96. The van der Waals surface area contributed by atoms with Gasteiger partial charge in [-0.25, -0.2) is 4.39 Å². The predicted molar refractivity (Wildman–Crippen MR) is 78.9 cm³/mol. The largest absolute Gasteiger partial charge is 0.384 e. The summed E-state index contributed by atoms with van der Waals surface area (Å²) in [4.78, 5) is 0. The fraction of sp³-hybridized carbons (Fsp3) is 0.412. The molecule has 3 nitrogen and oxygen atoms in total. The lowest BCUT2D eigenvalue weighted by atomic mass is 9.90. The van der Waals surface area contributed by atoms with Gasteiger partial charge in [0.2, 0.25) is 0 Å². The van der Waals surface area contributed by atoms with E-state index in [2.05, 4.69) is 11.9 Å². The van der Waals surface area contributed by atoms with Gasteiger partial charge in [0.1, 0.15) is 5.82 Å². The highest BCUT2D eigenvalue weighted by Gasteiger charge is 2.40. The highest BCUT2D eigenvalue weighted by atomic mass is 19.1. The zero-order valence-electron chi connectivity index (χ0n) is 12.0. The summed E-state index contributed by atoms with van der Waals surface area (Å²) in [7, 11) is 0. The molecule has 112 valence electrons. The molecule has 0 aromatic heterocycles. The van der Waals surface area contributed by atoms with Crippen LogP contribution in [0.3, 0.4) is 0 Å². The topological polar surface area (TPSA) is 30.5 Å². The van der Waals surface area contributed by atoms with Gasteiger partial charge in [0.25, 0.3) is 0 Å². The number of halogens is 1. The number of hydrogen-bond donors (Lipinski definition) is 1. The number of nitrogens with one attached hydrogen (secondary N) is 1. The maximum Gasteiger partial charge on any atom is 0.172 e. The minimum atomic E-state index is -0.440. The van der Waals surface area contributed by atoms with Gasteiger partial charge in [-0.2, -0.15) is 0 Å². The van der Waals surface area contributed by atoms with Crippen LogP contribution in [-0.4, -0.2) is 19.0 Å². The summed E-state index contributed by atoms with van der Waals surface area (Å²) in [5.74, 6) is -0.648. The smallest absolute Gasteiger partial charge is 0.172 e. The van der Waals surface area contributed by atoms with Gasteiger partial charge in [0.15, 0.2) is 5.79 Å². The summed E-state index contributed by atoms with van der Waals surface area (Å²) >= 11 is 0. The monoisotopic (exact) mass is 289 g/mol. The number of benzene rings is 1. The van der Waals surface area contributed by atoms with E-state index < -0.39 is 5.79 Å². The van der Waals surface area contributed by atoms with Gasteiger partial charge in [0.05, 0.1) is 13.2 Å². The van der Waals surface area contributed by atoms with Crippen molar-refractivity contribution in [1.29, 1.82) is 0 Å². The van der Waals surface area contributed by atoms with Crippen LogP contribution in [0.4, 0.5) is 4.39 Å². The van der Waals surface area contributed by atoms with Crippen LogP contribution < -0.4 is 5.32 Å². The standard InChI is InChI=1S/C17H20FNO2/c1-2-14-11-17(20-9-10-21-17)8-7-16(14)19-12-13-3-5-15(18)6-4-13/h2-6,19H,1,7-12H2. The molecule has 1 aromatic carbocycles. The Morgan fingerprint density at radius 3 is 2.62 bits per heavy atom. The van der Waals surface area contributed by atoms with E-state index in [1.807, 2.05) is 6.08 Å². The molecule has 0 saturated carbocycles. The third kappa shape index (κ3) is 3.17. The van der Waals surface area contributed by atoms with E-state index in [1.165, 1.54) is 17.8 Å². The van der Waals surface area contributed by atoms with Gasteiger partial charge in [-0.05, 0) is 29.7 Å². The van der Waals surface area contributed by atoms with Crippen LogP contribution in [0, 0.1) is 5.82 Å². The molecule has 0 atom stereocenters. The maximum absolute atomic E-state index is 12.9. The fourth-order valence-electron chi connectivity index (χ4n) is 2.91. The molecule has 2 aliphatic rings. The Morgan fingerprint density at radius 2 is 1.95 bits per heavy atom. The van der Waals surface area contributed by atoms with Crippen LogP contribution in [0.2, 0.25) is 0 Å². The van der Waals surface area contributed by atoms with E-state index in [0.29, 0.717) is 19.8 Å². The Bertz CT molecular complexity index is 544. The van der Waals surface area contributed by atoms with Crippen LogP contribution >= 0.6 is 0 Å². The summed E-state index contributed by atoms with van der Waals surface area (Å²) in [6.07, 6.45) is 4.35. The fourth-order valence-corrected chi connectivity index (χ4v) is 2.91. The second-order valence-electron chi connectivity index (χ2n) is 5.47. The van der Waals surface area contributed by atoms with E-state index in [1.54, 1.807) is 12.1 Å². The molecule has 1 aliphatic carbocycles. The van der Waals surface area contributed by atoms with E-state index in [0.717, 1.165) is 30.4 Å². The van der Waals surface area contributed by atoms with Gasteiger partial charge < -0.3 is 14.8 Å². The molecule has 21 heavy (non-hydrogen) atoms. The highest BCUT2D eigenvalue weighted by molar-refractivity contribution is 5.28. The quantitative estimate of drug-likeness (QED) is 0.922. The molecule has 3 rings (SSSR count). The molecular formula is C17H20FNO2. The van der Waals surface area contributed by atoms with Crippen molar-refractivity contribution in [2.75, 3.05) is 13.2 Å². The first kappa shape index (κ1) is 14.3. The molecule has 1 saturated heterocycles. The summed E-state index contributed by atoms with van der Waals surface area (Å²) in [5, 5.41) is 3.44. The number of hydrogen-bond acceptors (Lipinski definition) is 3. The molecule has 1 heterocycles. The molecule has 1 N–H and O–H groups in total. The van der Waals surface area contributed by atoms with Crippen LogP contribution in [-0.2, 0) is 16.0 Å².